The number of hydrogen-bond donors (Lipinski definition) is 0. The van der Waals surface area contributed by atoms with Gasteiger partial charge in [0.25, 0.3) is 0 Å². The topological polar surface area (TPSA) is 20.3 Å². The van der Waals surface area contributed by atoms with Crippen LogP contribution in [0.15, 0.2) is 0 Å². The van der Waals surface area contributed by atoms with Gasteiger partial charge in [0.15, 0.2) is 0 Å². The molecule has 2 heteroatoms. The lowest BCUT2D eigenvalue weighted by molar-refractivity contribution is -0.128. The average Bonchev–Trinajstić information content (AvgIpc) is 1.85. The fourth-order valence-electron chi connectivity index (χ4n) is 1.87. The molecule has 1 saturated heterocycles. The molecule has 11 heavy (non-hydrogen) atoms. The largest absolute Gasteiger partial charge is 0.342 e. The van der Waals surface area contributed by atoms with Gasteiger partial charge in [-0.2, -0.15) is 0 Å². The first kappa shape index (κ1) is 8.57. The molecular weight excluding hydrogens is 138 g/mol. The van der Waals surface area contributed by atoms with Crippen molar-refractivity contribution < 1.29 is 4.79 Å². The van der Waals surface area contributed by atoms with E-state index in [1.165, 1.54) is 6.42 Å². The van der Waals surface area contributed by atoms with Crippen LogP contribution in [0.3, 0.4) is 0 Å². The molecule has 0 N–H and O–H groups in total. The van der Waals surface area contributed by atoms with Crippen LogP contribution in [0, 0.1) is 18.8 Å². The molecule has 0 bridgehead atoms. The predicted molar refractivity (Wildman–Crippen MR) is 44.9 cm³/mol. The van der Waals surface area contributed by atoms with Gasteiger partial charge in [-0.05, 0) is 18.3 Å². The maximum Gasteiger partial charge on any atom is 0.223 e. The van der Waals surface area contributed by atoms with Crippen molar-refractivity contribution >= 4 is 5.91 Å². The maximum atomic E-state index is 10.9. The van der Waals surface area contributed by atoms with Gasteiger partial charge in [-0.1, -0.05) is 13.8 Å². The number of carbonyl (C=O) groups is 1. The summed E-state index contributed by atoms with van der Waals surface area (Å²) in [5, 5.41) is 0. The SMILES string of the molecule is [CH2]C(=O)N1CC(C)CC(C)C1. The first-order valence-corrected chi connectivity index (χ1v) is 4.20. The van der Waals surface area contributed by atoms with E-state index in [1.807, 2.05) is 4.90 Å². The first-order valence-electron chi connectivity index (χ1n) is 4.20. The molecular formula is C9H16NO. The van der Waals surface area contributed by atoms with E-state index in [2.05, 4.69) is 20.8 Å². The van der Waals surface area contributed by atoms with Gasteiger partial charge in [0.1, 0.15) is 0 Å². The van der Waals surface area contributed by atoms with Gasteiger partial charge in [0.2, 0.25) is 5.91 Å². The molecule has 2 atom stereocenters. The van der Waals surface area contributed by atoms with E-state index in [4.69, 9.17) is 0 Å². The molecule has 0 aromatic rings. The van der Waals surface area contributed by atoms with Crippen molar-refractivity contribution in [2.24, 2.45) is 11.8 Å². The van der Waals surface area contributed by atoms with Crippen LogP contribution in [0.1, 0.15) is 20.3 Å². The molecule has 1 fully saturated rings. The highest BCUT2D eigenvalue weighted by Crippen LogP contribution is 2.20. The Bertz CT molecular complexity index is 146. The summed E-state index contributed by atoms with van der Waals surface area (Å²) in [7, 11) is 0. The summed E-state index contributed by atoms with van der Waals surface area (Å²) in [5.41, 5.74) is 0. The van der Waals surface area contributed by atoms with Gasteiger partial charge in [-0.3, -0.25) is 4.79 Å². The van der Waals surface area contributed by atoms with Gasteiger partial charge in [-0.25, -0.2) is 0 Å². The van der Waals surface area contributed by atoms with Gasteiger partial charge < -0.3 is 4.90 Å². The monoisotopic (exact) mass is 154 g/mol. The number of likely N-dealkylation sites (tertiary alicyclic amines) is 1. The molecule has 1 heterocycles. The third kappa shape index (κ3) is 2.21. The van der Waals surface area contributed by atoms with E-state index in [1.54, 1.807) is 0 Å². The lowest BCUT2D eigenvalue weighted by Gasteiger charge is -2.34. The van der Waals surface area contributed by atoms with Crippen LogP contribution in [0.5, 0.6) is 0 Å². The minimum Gasteiger partial charge on any atom is -0.342 e. The Kier molecular flexibility index (Phi) is 2.53. The molecule has 0 aromatic carbocycles. The molecule has 0 spiro atoms. The average molecular weight is 154 g/mol. The van der Waals surface area contributed by atoms with Crippen LogP contribution >= 0.6 is 0 Å². The van der Waals surface area contributed by atoms with Gasteiger partial charge >= 0.3 is 0 Å². The van der Waals surface area contributed by atoms with Crippen LogP contribution in [-0.2, 0) is 4.79 Å². The molecule has 1 aliphatic heterocycles. The molecule has 2 nitrogen and oxygen atoms in total. The van der Waals surface area contributed by atoms with Crippen molar-refractivity contribution in [1.82, 2.24) is 4.90 Å². The zero-order valence-electron chi connectivity index (χ0n) is 7.34. The van der Waals surface area contributed by atoms with Crippen molar-refractivity contribution in [2.75, 3.05) is 13.1 Å². The van der Waals surface area contributed by atoms with E-state index >= 15 is 0 Å². The normalized spacial score (nSPS) is 32.1. The molecule has 1 radical (unpaired) electrons. The second kappa shape index (κ2) is 3.24. The van der Waals surface area contributed by atoms with Crippen LogP contribution in [0.4, 0.5) is 0 Å². The summed E-state index contributed by atoms with van der Waals surface area (Å²) in [5.74, 6) is 1.26. The molecule has 0 aromatic heterocycles. The lowest BCUT2D eigenvalue weighted by atomic mass is 9.92. The third-order valence-electron chi connectivity index (χ3n) is 2.22. The number of nitrogens with zero attached hydrogens (tertiary/aromatic N) is 1. The molecule has 0 aliphatic carbocycles. The highest BCUT2D eigenvalue weighted by atomic mass is 16.2. The highest BCUT2D eigenvalue weighted by Gasteiger charge is 2.22. The quantitative estimate of drug-likeness (QED) is 0.515. The zero-order valence-corrected chi connectivity index (χ0v) is 7.34. The van der Waals surface area contributed by atoms with E-state index < -0.39 is 0 Å². The first-order chi connectivity index (χ1) is 5.09. The van der Waals surface area contributed by atoms with Crippen LogP contribution in [0.25, 0.3) is 0 Å². The minimum absolute atomic E-state index is 0.0246. The van der Waals surface area contributed by atoms with Crippen LogP contribution < -0.4 is 0 Å². The molecule has 1 aliphatic rings. The van der Waals surface area contributed by atoms with Gasteiger partial charge in [0, 0.05) is 20.0 Å². The summed E-state index contributed by atoms with van der Waals surface area (Å²) in [4.78, 5) is 12.8. The summed E-state index contributed by atoms with van der Waals surface area (Å²) in [6.07, 6.45) is 1.24. The van der Waals surface area contributed by atoms with Crippen LogP contribution in [0.2, 0.25) is 0 Å². The number of piperidine rings is 1. The Labute approximate surface area is 68.6 Å². The Balaban J connectivity index is 2.49. The van der Waals surface area contributed by atoms with E-state index in [0.29, 0.717) is 11.8 Å². The smallest absolute Gasteiger partial charge is 0.223 e. The number of hydrogen-bond acceptors (Lipinski definition) is 1. The number of rotatable bonds is 0. The summed E-state index contributed by atoms with van der Waals surface area (Å²) in [6.45, 7) is 9.58. The number of carbonyl (C=O) groups excluding carboxylic acids is 1. The highest BCUT2D eigenvalue weighted by molar-refractivity contribution is 5.80. The summed E-state index contributed by atoms with van der Waals surface area (Å²) in [6, 6.07) is 0. The standard InChI is InChI=1S/C9H16NO/c1-7-4-8(2)6-10(5-7)9(3)11/h7-8H,3-6H2,1-2H3. The third-order valence-corrected chi connectivity index (χ3v) is 2.22. The fraction of sp³-hybridized carbons (Fsp3) is 0.778. The minimum atomic E-state index is -0.0246. The van der Waals surface area contributed by atoms with Crippen molar-refractivity contribution in [2.45, 2.75) is 20.3 Å². The maximum absolute atomic E-state index is 10.9. The van der Waals surface area contributed by atoms with Crippen molar-refractivity contribution in [3.63, 3.8) is 0 Å². The van der Waals surface area contributed by atoms with Gasteiger partial charge in [0.05, 0.1) is 0 Å². The van der Waals surface area contributed by atoms with Crippen LogP contribution in [-0.4, -0.2) is 23.9 Å². The van der Waals surface area contributed by atoms with E-state index in [9.17, 15) is 4.79 Å². The fourth-order valence-corrected chi connectivity index (χ4v) is 1.87. The summed E-state index contributed by atoms with van der Waals surface area (Å²) < 4.78 is 0. The van der Waals surface area contributed by atoms with Crippen molar-refractivity contribution in [3.05, 3.63) is 6.92 Å². The van der Waals surface area contributed by atoms with E-state index in [0.717, 1.165) is 13.1 Å². The Morgan fingerprint density at radius 3 is 2.18 bits per heavy atom. The van der Waals surface area contributed by atoms with Gasteiger partial charge in [-0.15, -0.1) is 0 Å². The van der Waals surface area contributed by atoms with Crippen molar-refractivity contribution in [3.8, 4) is 0 Å². The second-order valence-electron chi connectivity index (χ2n) is 3.74. The molecule has 0 saturated carbocycles. The Morgan fingerprint density at radius 2 is 1.82 bits per heavy atom. The lowest BCUT2D eigenvalue weighted by Crippen LogP contribution is -2.41. The Hall–Kier alpha value is -0.530. The zero-order chi connectivity index (χ0) is 8.43. The molecule has 2 unspecified atom stereocenters. The molecule has 1 amide bonds. The van der Waals surface area contributed by atoms with E-state index in [-0.39, 0.29) is 5.91 Å². The molecule has 1 rings (SSSR count). The molecule has 63 valence electrons. The number of amides is 1. The second-order valence-corrected chi connectivity index (χ2v) is 3.74. The summed E-state index contributed by atoms with van der Waals surface area (Å²) >= 11 is 0. The predicted octanol–water partition coefficient (Wildman–Crippen LogP) is 1.32. The van der Waals surface area contributed by atoms with Crippen molar-refractivity contribution in [1.29, 1.82) is 0 Å². The Morgan fingerprint density at radius 1 is 1.36 bits per heavy atom.